The Morgan fingerprint density at radius 2 is 1.84 bits per heavy atom. The summed E-state index contributed by atoms with van der Waals surface area (Å²) in [7, 11) is 0. The molecule has 25 heavy (non-hydrogen) atoms. The number of aryl methyl sites for hydroxylation is 2. The lowest BCUT2D eigenvalue weighted by molar-refractivity contribution is 0.0943. The lowest BCUT2D eigenvalue weighted by Crippen LogP contribution is -2.32. The molecule has 2 rings (SSSR count). The van der Waals surface area contributed by atoms with E-state index >= 15 is 0 Å². The first-order valence-corrected chi connectivity index (χ1v) is 8.14. The maximum atomic E-state index is 12.2. The Hall–Kier alpha value is -2.90. The summed E-state index contributed by atoms with van der Waals surface area (Å²) in [6, 6.07) is 4.51. The van der Waals surface area contributed by atoms with E-state index in [9.17, 15) is 9.59 Å². The highest BCUT2D eigenvalue weighted by atomic mass is 16.2. The minimum absolute atomic E-state index is 0.0668. The summed E-state index contributed by atoms with van der Waals surface area (Å²) >= 11 is 0. The highest BCUT2D eigenvalue weighted by molar-refractivity contribution is 5.96. The van der Waals surface area contributed by atoms with E-state index in [0.29, 0.717) is 22.9 Å². The smallest absolute Gasteiger partial charge is 0.319 e. The second-order valence-electron chi connectivity index (χ2n) is 6.26. The predicted octanol–water partition coefficient (Wildman–Crippen LogP) is 2.44. The summed E-state index contributed by atoms with van der Waals surface area (Å²) < 4.78 is 0. The van der Waals surface area contributed by atoms with Gasteiger partial charge in [-0.25, -0.2) is 9.78 Å². The Bertz CT molecular complexity index is 768. The zero-order valence-electron chi connectivity index (χ0n) is 15.1. The Kier molecular flexibility index (Phi) is 5.74. The number of nitrogens with zero attached hydrogens (tertiary/aromatic N) is 2. The van der Waals surface area contributed by atoms with Crippen molar-refractivity contribution >= 4 is 17.6 Å². The zero-order valence-corrected chi connectivity index (χ0v) is 15.1. The molecule has 1 unspecified atom stereocenters. The number of anilines is 1. The summed E-state index contributed by atoms with van der Waals surface area (Å²) in [6.45, 7) is 9.24. The highest BCUT2D eigenvalue weighted by Gasteiger charge is 2.15. The Morgan fingerprint density at radius 3 is 2.40 bits per heavy atom. The largest absolute Gasteiger partial charge is 0.350 e. The number of amides is 3. The molecule has 1 atom stereocenters. The fourth-order valence-corrected chi connectivity index (χ4v) is 2.26. The SMILES string of the molecule is Cc1nc(C(C)NC(=O)Nc2ccc(C(=O)NC(C)C)cc2C)n[nH]1. The van der Waals surface area contributed by atoms with Crippen LogP contribution in [0.2, 0.25) is 0 Å². The molecule has 4 N–H and O–H groups in total. The van der Waals surface area contributed by atoms with Crippen LogP contribution >= 0.6 is 0 Å². The van der Waals surface area contributed by atoms with Gasteiger partial charge >= 0.3 is 6.03 Å². The summed E-state index contributed by atoms with van der Waals surface area (Å²) in [6.07, 6.45) is 0. The van der Waals surface area contributed by atoms with Gasteiger partial charge in [0.2, 0.25) is 0 Å². The molecule has 0 radical (unpaired) electrons. The van der Waals surface area contributed by atoms with Crippen LogP contribution in [-0.4, -0.2) is 33.2 Å². The molecule has 0 spiro atoms. The number of hydrogen-bond donors (Lipinski definition) is 4. The predicted molar refractivity (Wildman–Crippen MR) is 95.5 cm³/mol. The Labute approximate surface area is 146 Å². The fourth-order valence-electron chi connectivity index (χ4n) is 2.26. The maximum absolute atomic E-state index is 12.2. The molecular formula is C17H24N6O2. The number of aromatic nitrogens is 3. The van der Waals surface area contributed by atoms with E-state index in [1.807, 2.05) is 20.8 Å². The minimum atomic E-state index is -0.363. The van der Waals surface area contributed by atoms with Crippen LogP contribution in [0.25, 0.3) is 0 Å². The van der Waals surface area contributed by atoms with Crippen molar-refractivity contribution in [3.05, 3.63) is 41.0 Å². The average molecular weight is 344 g/mol. The van der Waals surface area contributed by atoms with Gasteiger partial charge in [0.15, 0.2) is 5.82 Å². The molecule has 3 amide bonds. The monoisotopic (exact) mass is 344 g/mol. The van der Waals surface area contributed by atoms with Gasteiger partial charge in [0, 0.05) is 17.3 Å². The summed E-state index contributed by atoms with van der Waals surface area (Å²) in [5, 5.41) is 15.2. The third kappa shape index (κ3) is 5.03. The first-order chi connectivity index (χ1) is 11.8. The first kappa shape index (κ1) is 18.4. The molecule has 0 aliphatic rings. The van der Waals surface area contributed by atoms with Gasteiger partial charge in [0.1, 0.15) is 5.82 Å². The molecule has 0 saturated carbocycles. The summed E-state index contributed by atoms with van der Waals surface area (Å²) in [5.41, 5.74) is 1.99. The van der Waals surface area contributed by atoms with Crippen LogP contribution in [0.15, 0.2) is 18.2 Å². The normalized spacial score (nSPS) is 11.9. The Morgan fingerprint density at radius 1 is 1.12 bits per heavy atom. The summed E-state index contributed by atoms with van der Waals surface area (Å²) in [4.78, 5) is 28.4. The van der Waals surface area contributed by atoms with Gasteiger partial charge < -0.3 is 16.0 Å². The standard InChI is InChI=1S/C17H24N6O2/c1-9(2)18-16(24)13-6-7-14(10(3)8-13)21-17(25)19-11(4)15-20-12(5)22-23-15/h6-9,11H,1-5H3,(H,18,24)(H2,19,21,25)(H,20,22,23). The maximum Gasteiger partial charge on any atom is 0.319 e. The van der Waals surface area contributed by atoms with E-state index in [1.165, 1.54) is 0 Å². The van der Waals surface area contributed by atoms with E-state index in [1.54, 1.807) is 32.0 Å². The molecule has 0 aliphatic heterocycles. The highest BCUT2D eigenvalue weighted by Crippen LogP contribution is 2.17. The van der Waals surface area contributed by atoms with E-state index in [2.05, 4.69) is 31.1 Å². The number of nitrogens with one attached hydrogen (secondary N) is 4. The number of urea groups is 1. The number of hydrogen-bond acceptors (Lipinski definition) is 4. The second kappa shape index (κ2) is 7.78. The van der Waals surface area contributed by atoms with Gasteiger partial charge in [-0.15, -0.1) is 0 Å². The van der Waals surface area contributed by atoms with Crippen LogP contribution in [0.1, 0.15) is 54.4 Å². The quantitative estimate of drug-likeness (QED) is 0.667. The van der Waals surface area contributed by atoms with Gasteiger partial charge in [0.05, 0.1) is 6.04 Å². The molecule has 0 bridgehead atoms. The molecule has 1 heterocycles. The van der Waals surface area contributed by atoms with Crippen molar-refractivity contribution in [1.29, 1.82) is 0 Å². The van der Waals surface area contributed by atoms with Gasteiger partial charge in [-0.2, -0.15) is 5.10 Å². The number of benzene rings is 1. The van der Waals surface area contributed by atoms with Crippen LogP contribution in [0.4, 0.5) is 10.5 Å². The van der Waals surface area contributed by atoms with Gasteiger partial charge in [-0.1, -0.05) is 0 Å². The molecule has 2 aromatic rings. The third-order valence-corrected chi connectivity index (χ3v) is 3.51. The lowest BCUT2D eigenvalue weighted by atomic mass is 10.1. The number of carbonyl (C=O) groups excluding carboxylic acids is 2. The van der Waals surface area contributed by atoms with Crippen LogP contribution in [0.5, 0.6) is 0 Å². The van der Waals surface area contributed by atoms with Crippen molar-refractivity contribution in [3.63, 3.8) is 0 Å². The van der Waals surface area contributed by atoms with E-state index in [4.69, 9.17) is 0 Å². The van der Waals surface area contributed by atoms with Crippen LogP contribution in [0, 0.1) is 13.8 Å². The average Bonchev–Trinajstić information content (AvgIpc) is 2.95. The van der Waals surface area contributed by atoms with Crippen molar-refractivity contribution in [1.82, 2.24) is 25.8 Å². The van der Waals surface area contributed by atoms with Gasteiger partial charge in [-0.05, 0) is 58.4 Å². The number of carbonyl (C=O) groups is 2. The molecule has 0 saturated heterocycles. The van der Waals surface area contributed by atoms with Gasteiger partial charge in [-0.3, -0.25) is 9.89 Å². The van der Waals surface area contributed by atoms with Crippen molar-refractivity contribution in [2.24, 2.45) is 0 Å². The topological polar surface area (TPSA) is 112 Å². The zero-order chi connectivity index (χ0) is 18.6. The van der Waals surface area contributed by atoms with Crippen LogP contribution in [-0.2, 0) is 0 Å². The van der Waals surface area contributed by atoms with Crippen molar-refractivity contribution < 1.29 is 9.59 Å². The van der Waals surface area contributed by atoms with E-state index in [0.717, 1.165) is 5.56 Å². The number of aromatic amines is 1. The number of H-pyrrole nitrogens is 1. The van der Waals surface area contributed by atoms with Gasteiger partial charge in [0.25, 0.3) is 5.91 Å². The molecule has 8 heteroatoms. The fraction of sp³-hybridized carbons (Fsp3) is 0.412. The molecule has 1 aromatic carbocycles. The Balaban J connectivity index is 2.00. The van der Waals surface area contributed by atoms with Crippen LogP contribution in [0.3, 0.4) is 0 Å². The lowest BCUT2D eigenvalue weighted by Gasteiger charge is -2.14. The third-order valence-electron chi connectivity index (χ3n) is 3.51. The number of rotatable bonds is 5. The molecular weight excluding hydrogens is 320 g/mol. The molecule has 1 aromatic heterocycles. The van der Waals surface area contributed by atoms with Crippen molar-refractivity contribution in [3.8, 4) is 0 Å². The van der Waals surface area contributed by atoms with Crippen molar-refractivity contribution in [2.75, 3.05) is 5.32 Å². The van der Waals surface area contributed by atoms with Crippen LogP contribution < -0.4 is 16.0 Å². The first-order valence-electron chi connectivity index (χ1n) is 8.14. The molecule has 8 nitrogen and oxygen atoms in total. The summed E-state index contributed by atoms with van der Waals surface area (Å²) in [5.74, 6) is 1.07. The van der Waals surface area contributed by atoms with Crippen molar-refractivity contribution in [2.45, 2.75) is 46.7 Å². The second-order valence-corrected chi connectivity index (χ2v) is 6.26. The minimum Gasteiger partial charge on any atom is -0.350 e. The molecule has 134 valence electrons. The van der Waals surface area contributed by atoms with E-state index < -0.39 is 0 Å². The molecule has 0 aliphatic carbocycles. The molecule has 0 fully saturated rings. The van der Waals surface area contributed by atoms with E-state index in [-0.39, 0.29) is 24.0 Å².